The predicted molar refractivity (Wildman–Crippen MR) is 77.4 cm³/mol. The lowest BCUT2D eigenvalue weighted by Crippen LogP contribution is -2.32. The van der Waals surface area contributed by atoms with Crippen molar-refractivity contribution in [1.29, 1.82) is 0 Å². The number of nitrogens with one attached hydrogen (secondary N) is 1. The number of nitrogens with zero attached hydrogens (tertiary/aromatic N) is 2. The van der Waals surface area contributed by atoms with Crippen molar-refractivity contribution >= 4 is 23.3 Å². The van der Waals surface area contributed by atoms with Gasteiger partial charge in [0.05, 0.1) is 11.0 Å². The van der Waals surface area contributed by atoms with Crippen LogP contribution in [0.15, 0.2) is 24.3 Å². The fourth-order valence-corrected chi connectivity index (χ4v) is 3.05. The highest BCUT2D eigenvalue weighted by molar-refractivity contribution is 7.71. The summed E-state index contributed by atoms with van der Waals surface area (Å²) in [7, 11) is 0. The summed E-state index contributed by atoms with van der Waals surface area (Å²) in [6, 6.07) is 8.34. The minimum atomic E-state index is 0.841. The van der Waals surface area contributed by atoms with E-state index in [0.29, 0.717) is 0 Å². The van der Waals surface area contributed by atoms with E-state index in [2.05, 4.69) is 32.7 Å². The monoisotopic (exact) mass is 261 g/mol. The molecule has 2 heterocycles. The second-order valence-electron chi connectivity index (χ2n) is 5.00. The Morgan fingerprint density at radius 3 is 2.67 bits per heavy atom. The van der Waals surface area contributed by atoms with Crippen molar-refractivity contribution in [2.24, 2.45) is 0 Å². The van der Waals surface area contributed by atoms with E-state index in [9.17, 15) is 0 Å². The zero-order valence-electron chi connectivity index (χ0n) is 10.6. The van der Waals surface area contributed by atoms with Crippen LogP contribution in [0.3, 0.4) is 0 Å². The SMILES string of the molecule is S=c1[nH]c2ccccc2n1CCN1CCCCC1. The van der Waals surface area contributed by atoms with Gasteiger partial charge in [0.1, 0.15) is 0 Å². The lowest BCUT2D eigenvalue weighted by atomic mass is 10.1. The maximum atomic E-state index is 5.41. The number of aromatic amines is 1. The molecule has 1 N–H and O–H groups in total. The number of para-hydroxylation sites is 2. The Hall–Kier alpha value is -1.13. The molecule has 0 atom stereocenters. The molecule has 2 aromatic rings. The molecule has 1 fully saturated rings. The zero-order valence-corrected chi connectivity index (χ0v) is 11.4. The van der Waals surface area contributed by atoms with Crippen molar-refractivity contribution in [1.82, 2.24) is 14.5 Å². The number of hydrogen-bond donors (Lipinski definition) is 1. The first-order valence-electron chi connectivity index (χ1n) is 6.74. The Bertz CT molecular complexity index is 578. The molecule has 0 aliphatic carbocycles. The van der Waals surface area contributed by atoms with E-state index >= 15 is 0 Å². The van der Waals surface area contributed by atoms with Crippen molar-refractivity contribution < 1.29 is 0 Å². The first kappa shape index (κ1) is 11.9. The standard InChI is InChI=1S/C14H19N3S/c18-14-15-12-6-2-3-7-13(12)17(14)11-10-16-8-4-1-5-9-16/h2-3,6-7H,1,4-5,8-11H2,(H,15,18). The summed E-state index contributed by atoms with van der Waals surface area (Å²) in [4.78, 5) is 5.82. The highest BCUT2D eigenvalue weighted by Crippen LogP contribution is 2.14. The van der Waals surface area contributed by atoms with Gasteiger partial charge >= 0.3 is 0 Å². The summed E-state index contributed by atoms with van der Waals surface area (Å²) in [5.41, 5.74) is 2.36. The van der Waals surface area contributed by atoms with E-state index in [1.807, 2.05) is 6.07 Å². The van der Waals surface area contributed by atoms with E-state index in [-0.39, 0.29) is 0 Å². The van der Waals surface area contributed by atoms with Crippen LogP contribution < -0.4 is 0 Å². The average molecular weight is 261 g/mol. The second-order valence-corrected chi connectivity index (χ2v) is 5.39. The Kier molecular flexibility index (Phi) is 3.48. The first-order chi connectivity index (χ1) is 8.84. The van der Waals surface area contributed by atoms with Gasteiger partial charge in [-0.05, 0) is 50.3 Å². The number of likely N-dealkylation sites (tertiary alicyclic amines) is 1. The molecule has 0 spiro atoms. The van der Waals surface area contributed by atoms with Gasteiger partial charge in [0.15, 0.2) is 4.77 Å². The highest BCUT2D eigenvalue weighted by atomic mass is 32.1. The smallest absolute Gasteiger partial charge is 0.178 e. The van der Waals surface area contributed by atoms with Crippen molar-refractivity contribution in [2.75, 3.05) is 19.6 Å². The largest absolute Gasteiger partial charge is 0.331 e. The molecule has 96 valence electrons. The summed E-state index contributed by atoms with van der Waals surface area (Å²) in [6.45, 7) is 4.59. The predicted octanol–water partition coefficient (Wildman–Crippen LogP) is 3.18. The molecule has 1 aliphatic rings. The Labute approximate surface area is 112 Å². The minimum Gasteiger partial charge on any atom is -0.331 e. The lowest BCUT2D eigenvalue weighted by molar-refractivity contribution is 0.221. The fraction of sp³-hybridized carbons (Fsp3) is 0.500. The maximum absolute atomic E-state index is 5.41. The first-order valence-corrected chi connectivity index (χ1v) is 7.15. The van der Waals surface area contributed by atoms with Gasteiger partial charge in [-0.15, -0.1) is 0 Å². The number of imidazole rings is 1. The molecule has 1 aliphatic heterocycles. The van der Waals surface area contributed by atoms with Gasteiger partial charge in [0.25, 0.3) is 0 Å². The van der Waals surface area contributed by atoms with Gasteiger partial charge in [-0.2, -0.15) is 0 Å². The third-order valence-corrected chi connectivity index (χ3v) is 4.09. The quantitative estimate of drug-likeness (QED) is 0.858. The van der Waals surface area contributed by atoms with E-state index < -0.39 is 0 Å². The molecule has 1 aromatic carbocycles. The summed E-state index contributed by atoms with van der Waals surface area (Å²) in [5.74, 6) is 0. The van der Waals surface area contributed by atoms with E-state index in [4.69, 9.17) is 12.2 Å². The number of aromatic nitrogens is 2. The van der Waals surface area contributed by atoms with Crippen LogP contribution in [0.25, 0.3) is 11.0 Å². The van der Waals surface area contributed by atoms with Crippen LogP contribution in [0, 0.1) is 4.77 Å². The summed E-state index contributed by atoms with van der Waals surface area (Å²) in [6.07, 6.45) is 4.08. The summed E-state index contributed by atoms with van der Waals surface area (Å²) >= 11 is 5.41. The highest BCUT2D eigenvalue weighted by Gasteiger charge is 2.10. The molecule has 0 unspecified atom stereocenters. The number of rotatable bonds is 3. The number of hydrogen-bond acceptors (Lipinski definition) is 2. The lowest BCUT2D eigenvalue weighted by Gasteiger charge is -2.26. The molecule has 3 rings (SSSR count). The molecular weight excluding hydrogens is 242 g/mol. The number of benzene rings is 1. The average Bonchev–Trinajstić information content (AvgIpc) is 2.73. The molecule has 0 amide bonds. The second kappa shape index (κ2) is 5.24. The van der Waals surface area contributed by atoms with Crippen LogP contribution in [-0.4, -0.2) is 34.1 Å². The number of piperidine rings is 1. The van der Waals surface area contributed by atoms with E-state index in [1.165, 1.54) is 37.9 Å². The molecule has 0 radical (unpaired) electrons. The van der Waals surface area contributed by atoms with Crippen LogP contribution in [0.4, 0.5) is 0 Å². The van der Waals surface area contributed by atoms with E-state index in [0.717, 1.165) is 23.4 Å². The third kappa shape index (κ3) is 2.35. The zero-order chi connectivity index (χ0) is 12.4. The van der Waals surface area contributed by atoms with Gasteiger partial charge in [0.2, 0.25) is 0 Å². The molecule has 3 nitrogen and oxygen atoms in total. The van der Waals surface area contributed by atoms with Crippen molar-refractivity contribution in [2.45, 2.75) is 25.8 Å². The maximum Gasteiger partial charge on any atom is 0.178 e. The summed E-state index contributed by atoms with van der Waals surface area (Å²) in [5, 5.41) is 0. The van der Waals surface area contributed by atoms with Gasteiger partial charge in [0, 0.05) is 13.1 Å². The fourth-order valence-electron chi connectivity index (χ4n) is 2.75. The van der Waals surface area contributed by atoms with Crippen LogP contribution in [0.5, 0.6) is 0 Å². The van der Waals surface area contributed by atoms with Crippen LogP contribution in [0.2, 0.25) is 0 Å². The molecule has 0 bridgehead atoms. The normalized spacial score (nSPS) is 17.3. The van der Waals surface area contributed by atoms with Gasteiger partial charge in [-0.3, -0.25) is 0 Å². The molecular formula is C14H19N3S. The van der Waals surface area contributed by atoms with Gasteiger partial charge in [-0.1, -0.05) is 18.6 Å². The van der Waals surface area contributed by atoms with Gasteiger partial charge in [-0.25, -0.2) is 0 Å². The minimum absolute atomic E-state index is 0.841. The van der Waals surface area contributed by atoms with Crippen LogP contribution in [-0.2, 0) is 6.54 Å². The molecule has 18 heavy (non-hydrogen) atoms. The summed E-state index contributed by atoms with van der Waals surface area (Å²) < 4.78 is 3.06. The number of fused-ring (bicyclic) bond motifs is 1. The Morgan fingerprint density at radius 2 is 1.83 bits per heavy atom. The Morgan fingerprint density at radius 1 is 1.06 bits per heavy atom. The van der Waals surface area contributed by atoms with Gasteiger partial charge < -0.3 is 14.5 Å². The molecule has 4 heteroatoms. The van der Waals surface area contributed by atoms with E-state index in [1.54, 1.807) is 0 Å². The van der Waals surface area contributed by atoms with Crippen molar-refractivity contribution in [3.05, 3.63) is 29.0 Å². The Balaban J connectivity index is 1.77. The van der Waals surface area contributed by atoms with Crippen molar-refractivity contribution in [3.8, 4) is 0 Å². The van der Waals surface area contributed by atoms with Crippen molar-refractivity contribution in [3.63, 3.8) is 0 Å². The molecule has 1 aromatic heterocycles. The third-order valence-electron chi connectivity index (χ3n) is 3.77. The number of H-pyrrole nitrogens is 1. The molecule has 0 saturated carbocycles. The van der Waals surface area contributed by atoms with Crippen LogP contribution >= 0.6 is 12.2 Å². The van der Waals surface area contributed by atoms with Crippen LogP contribution in [0.1, 0.15) is 19.3 Å². The molecule has 1 saturated heterocycles. The topological polar surface area (TPSA) is 24.0 Å².